The lowest BCUT2D eigenvalue weighted by atomic mass is 10.1. The molecular weight excluding hydrogens is 342 g/mol. The quantitative estimate of drug-likeness (QED) is 0.460. The predicted molar refractivity (Wildman–Crippen MR) is 100 cm³/mol. The van der Waals surface area contributed by atoms with E-state index in [0.717, 1.165) is 33.5 Å². The number of imidazole rings is 1. The van der Waals surface area contributed by atoms with Crippen molar-refractivity contribution in [2.45, 2.75) is 6.54 Å². The zero-order valence-electron chi connectivity index (χ0n) is 14.2. The molecule has 0 aliphatic heterocycles. The van der Waals surface area contributed by atoms with Crippen molar-refractivity contribution in [3.63, 3.8) is 0 Å². The number of carbonyl (C=O) groups is 1. The Kier molecular flexibility index (Phi) is 3.46. The molecule has 27 heavy (non-hydrogen) atoms. The van der Waals surface area contributed by atoms with Crippen molar-refractivity contribution < 1.29 is 4.79 Å². The van der Waals surface area contributed by atoms with Gasteiger partial charge in [-0.15, -0.1) is 0 Å². The number of hydrogen-bond acceptors (Lipinski definition) is 4. The largest absolute Gasteiger partial charge is 0.346 e. The summed E-state index contributed by atoms with van der Waals surface area (Å²) >= 11 is 0. The van der Waals surface area contributed by atoms with Gasteiger partial charge in [0.05, 0.1) is 35.2 Å². The van der Waals surface area contributed by atoms with Crippen LogP contribution in [0.5, 0.6) is 0 Å². The van der Waals surface area contributed by atoms with E-state index in [9.17, 15) is 4.79 Å². The third kappa shape index (κ3) is 2.73. The first-order valence-electron chi connectivity index (χ1n) is 8.45. The fraction of sp³-hybridized carbons (Fsp3) is 0.0526. The molecule has 1 amide bonds. The number of carbonyl (C=O) groups excluding carboxylic acids is 1. The van der Waals surface area contributed by atoms with Gasteiger partial charge in [0.2, 0.25) is 0 Å². The fourth-order valence-electron chi connectivity index (χ4n) is 3.14. The zero-order valence-corrected chi connectivity index (χ0v) is 14.2. The van der Waals surface area contributed by atoms with Crippen molar-refractivity contribution in [2.24, 2.45) is 0 Å². The molecule has 0 aliphatic carbocycles. The summed E-state index contributed by atoms with van der Waals surface area (Å²) in [5.74, 6) is -0.155. The van der Waals surface area contributed by atoms with Crippen LogP contribution in [0, 0.1) is 0 Å². The van der Waals surface area contributed by atoms with Crippen LogP contribution in [0.15, 0.2) is 61.2 Å². The zero-order chi connectivity index (χ0) is 18.2. The van der Waals surface area contributed by atoms with Gasteiger partial charge in [-0.3, -0.25) is 15.0 Å². The number of H-pyrrole nitrogens is 2. The topological polar surface area (TPSA) is 104 Å². The normalized spacial score (nSPS) is 11.3. The summed E-state index contributed by atoms with van der Waals surface area (Å²) in [5.41, 5.74) is 4.98. The molecule has 0 atom stereocenters. The van der Waals surface area contributed by atoms with E-state index in [2.05, 4.69) is 30.7 Å². The number of nitrogens with one attached hydrogen (secondary N) is 3. The van der Waals surface area contributed by atoms with Crippen LogP contribution < -0.4 is 5.32 Å². The molecule has 8 heteroatoms. The SMILES string of the molecule is O=C(NCc1cn2cc(-c3ccn[nH]3)ccc2n1)c1cccc2[nH]ncc12. The van der Waals surface area contributed by atoms with Crippen molar-refractivity contribution in [1.29, 1.82) is 0 Å². The van der Waals surface area contributed by atoms with Crippen LogP contribution in [-0.4, -0.2) is 35.7 Å². The van der Waals surface area contributed by atoms with E-state index in [-0.39, 0.29) is 5.91 Å². The summed E-state index contributed by atoms with van der Waals surface area (Å²) in [4.78, 5) is 17.1. The molecule has 4 aromatic heterocycles. The molecule has 0 saturated heterocycles. The summed E-state index contributed by atoms with van der Waals surface area (Å²) < 4.78 is 1.94. The lowest BCUT2D eigenvalue weighted by Gasteiger charge is -2.04. The van der Waals surface area contributed by atoms with Crippen molar-refractivity contribution in [1.82, 2.24) is 35.1 Å². The summed E-state index contributed by atoms with van der Waals surface area (Å²) in [5, 5.41) is 17.5. The van der Waals surface area contributed by atoms with Crippen molar-refractivity contribution in [3.05, 3.63) is 72.4 Å². The van der Waals surface area contributed by atoms with Gasteiger partial charge in [-0.05, 0) is 30.3 Å². The summed E-state index contributed by atoms with van der Waals surface area (Å²) in [6.45, 7) is 0.341. The van der Waals surface area contributed by atoms with E-state index in [1.165, 1.54) is 0 Å². The van der Waals surface area contributed by atoms with E-state index in [1.54, 1.807) is 18.5 Å². The first-order valence-corrected chi connectivity index (χ1v) is 8.45. The molecule has 5 aromatic rings. The fourth-order valence-corrected chi connectivity index (χ4v) is 3.14. The van der Waals surface area contributed by atoms with Crippen LogP contribution >= 0.6 is 0 Å². The highest BCUT2D eigenvalue weighted by atomic mass is 16.1. The number of aromatic amines is 2. The number of benzene rings is 1. The van der Waals surface area contributed by atoms with Gasteiger partial charge in [-0.2, -0.15) is 10.2 Å². The maximum Gasteiger partial charge on any atom is 0.252 e. The molecule has 5 rings (SSSR count). The molecule has 0 saturated carbocycles. The molecule has 3 N–H and O–H groups in total. The van der Waals surface area contributed by atoms with Crippen LogP contribution in [0.4, 0.5) is 0 Å². The number of amides is 1. The first-order chi connectivity index (χ1) is 13.3. The average Bonchev–Trinajstić information content (AvgIpc) is 3.44. The number of fused-ring (bicyclic) bond motifs is 2. The number of pyridine rings is 1. The molecular formula is C19H15N7O. The lowest BCUT2D eigenvalue weighted by molar-refractivity contribution is 0.0952. The molecule has 0 fully saturated rings. The molecule has 4 heterocycles. The average molecular weight is 357 g/mol. The summed E-state index contributed by atoms with van der Waals surface area (Å²) in [7, 11) is 0. The maximum absolute atomic E-state index is 12.6. The van der Waals surface area contributed by atoms with Crippen LogP contribution in [0.1, 0.15) is 16.1 Å². The Labute approximate surface area is 153 Å². The highest BCUT2D eigenvalue weighted by Gasteiger charge is 2.12. The summed E-state index contributed by atoms with van der Waals surface area (Å²) in [6, 6.07) is 11.3. The highest BCUT2D eigenvalue weighted by molar-refractivity contribution is 6.05. The van der Waals surface area contributed by atoms with Gasteiger partial charge >= 0.3 is 0 Å². The minimum atomic E-state index is -0.155. The van der Waals surface area contributed by atoms with Gasteiger partial charge in [0, 0.05) is 29.5 Å². The third-order valence-electron chi connectivity index (χ3n) is 4.47. The number of nitrogens with zero attached hydrogens (tertiary/aromatic N) is 4. The monoisotopic (exact) mass is 357 g/mol. The van der Waals surface area contributed by atoms with Gasteiger partial charge in [-0.25, -0.2) is 4.98 Å². The smallest absolute Gasteiger partial charge is 0.252 e. The molecule has 0 aliphatic rings. The van der Waals surface area contributed by atoms with Crippen molar-refractivity contribution in [2.75, 3.05) is 0 Å². The van der Waals surface area contributed by atoms with Gasteiger partial charge in [0.15, 0.2) is 0 Å². The second-order valence-electron chi connectivity index (χ2n) is 6.21. The van der Waals surface area contributed by atoms with Crippen LogP contribution in [0.2, 0.25) is 0 Å². The third-order valence-corrected chi connectivity index (χ3v) is 4.47. The molecule has 0 bridgehead atoms. The van der Waals surface area contributed by atoms with E-state index in [1.807, 2.05) is 47.1 Å². The highest BCUT2D eigenvalue weighted by Crippen LogP contribution is 2.18. The Bertz CT molecular complexity index is 1250. The number of rotatable bonds is 4. The van der Waals surface area contributed by atoms with Gasteiger partial charge in [-0.1, -0.05) is 6.07 Å². The Morgan fingerprint density at radius 1 is 1.07 bits per heavy atom. The Balaban J connectivity index is 1.37. The van der Waals surface area contributed by atoms with E-state index < -0.39 is 0 Å². The van der Waals surface area contributed by atoms with Crippen LogP contribution in [-0.2, 0) is 6.54 Å². The molecule has 0 spiro atoms. The summed E-state index contributed by atoms with van der Waals surface area (Å²) in [6.07, 6.45) is 7.27. The van der Waals surface area contributed by atoms with E-state index in [0.29, 0.717) is 12.1 Å². The van der Waals surface area contributed by atoms with E-state index in [4.69, 9.17) is 0 Å². The van der Waals surface area contributed by atoms with E-state index >= 15 is 0 Å². The lowest BCUT2D eigenvalue weighted by Crippen LogP contribution is -2.23. The Morgan fingerprint density at radius 3 is 2.93 bits per heavy atom. The van der Waals surface area contributed by atoms with Gasteiger partial charge in [0.1, 0.15) is 5.65 Å². The predicted octanol–water partition coefficient (Wildman–Crippen LogP) is 2.53. The van der Waals surface area contributed by atoms with Crippen molar-refractivity contribution >= 4 is 22.5 Å². The van der Waals surface area contributed by atoms with Gasteiger partial charge < -0.3 is 9.72 Å². The second-order valence-corrected chi connectivity index (χ2v) is 6.21. The van der Waals surface area contributed by atoms with Crippen LogP contribution in [0.25, 0.3) is 27.8 Å². The van der Waals surface area contributed by atoms with Gasteiger partial charge in [0.25, 0.3) is 5.91 Å². The Morgan fingerprint density at radius 2 is 2.04 bits per heavy atom. The second kappa shape index (κ2) is 6.10. The van der Waals surface area contributed by atoms with Crippen molar-refractivity contribution in [3.8, 4) is 11.3 Å². The number of hydrogen-bond donors (Lipinski definition) is 3. The van der Waals surface area contributed by atoms with Crippen LogP contribution in [0.3, 0.4) is 0 Å². The maximum atomic E-state index is 12.6. The molecule has 132 valence electrons. The molecule has 0 radical (unpaired) electrons. The minimum Gasteiger partial charge on any atom is -0.346 e. The Hall–Kier alpha value is -3.94. The number of aromatic nitrogens is 6. The standard InChI is InChI=1S/C19H15N7O/c27-19(14-2-1-3-17-15(14)9-22-25-17)20-8-13-11-26-10-12(4-5-18(26)23-13)16-6-7-21-24-16/h1-7,9-11H,8H2,(H,20,27)(H,21,24)(H,22,25). The first kappa shape index (κ1) is 15.3. The molecule has 8 nitrogen and oxygen atoms in total. The minimum absolute atomic E-state index is 0.155. The molecule has 0 unspecified atom stereocenters. The molecule has 1 aromatic carbocycles.